The molecule has 2 amide bonds. The molecular formula is C34H41N3O6S. The molecule has 0 spiro atoms. The number of carbonyl (C=O) groups excluding carboxylic acids is 2. The fourth-order valence-electron chi connectivity index (χ4n) is 5.37. The molecule has 1 fully saturated rings. The number of ether oxygens (including phenoxy) is 4. The van der Waals surface area contributed by atoms with Gasteiger partial charge in [0, 0.05) is 43.9 Å². The largest absolute Gasteiger partial charge is 0.493 e. The van der Waals surface area contributed by atoms with Gasteiger partial charge in [-0.3, -0.25) is 4.79 Å². The van der Waals surface area contributed by atoms with Crippen LogP contribution in [0.5, 0.6) is 11.5 Å². The summed E-state index contributed by atoms with van der Waals surface area (Å²) in [5, 5.41) is 5.16. The lowest BCUT2D eigenvalue weighted by molar-refractivity contribution is 0.0284. The van der Waals surface area contributed by atoms with E-state index >= 15 is 0 Å². The number of anilines is 1. The van der Waals surface area contributed by atoms with E-state index in [0.29, 0.717) is 50.0 Å². The standard InChI is InChI=1S/C34H41N3O6S/c1-6-37-29-15-17-44-31(29)18-30(37)32(38)35-28-9-7-8-24(21-40-5)27(28)22-42-26-12-10-25(11-13-26)41-20-23-14-16-36(19-23)33(39)43-34(2,3)4/h7-13,15,17-18,23H,6,14,16,19-22H2,1-5H3,(H,35,38)/t23-/m1/s1. The Morgan fingerprint density at radius 1 is 1.02 bits per heavy atom. The van der Waals surface area contributed by atoms with Crippen LogP contribution in [0.2, 0.25) is 0 Å². The Morgan fingerprint density at radius 2 is 1.77 bits per heavy atom. The zero-order chi connectivity index (χ0) is 31.3. The molecule has 1 saturated heterocycles. The number of likely N-dealkylation sites (tertiary alicyclic amines) is 1. The Labute approximate surface area is 262 Å². The summed E-state index contributed by atoms with van der Waals surface area (Å²) in [6.45, 7) is 10.8. The van der Waals surface area contributed by atoms with Crippen LogP contribution in [0.15, 0.2) is 60.0 Å². The number of hydrogen-bond donors (Lipinski definition) is 1. The van der Waals surface area contributed by atoms with Crippen LogP contribution < -0.4 is 14.8 Å². The van der Waals surface area contributed by atoms with Crippen molar-refractivity contribution < 1.29 is 28.5 Å². The highest BCUT2D eigenvalue weighted by atomic mass is 32.1. The van der Waals surface area contributed by atoms with Crippen LogP contribution in [0.25, 0.3) is 10.2 Å². The Kier molecular flexibility index (Phi) is 9.80. The number of carbonyl (C=O) groups is 2. The maximum absolute atomic E-state index is 13.4. The highest BCUT2D eigenvalue weighted by molar-refractivity contribution is 7.17. The van der Waals surface area contributed by atoms with Crippen molar-refractivity contribution in [2.45, 2.75) is 59.5 Å². The number of rotatable bonds is 11. The number of amides is 2. The first-order chi connectivity index (χ1) is 21.1. The molecule has 2 aromatic carbocycles. The van der Waals surface area contributed by atoms with Gasteiger partial charge in [0.25, 0.3) is 5.91 Å². The molecule has 44 heavy (non-hydrogen) atoms. The maximum Gasteiger partial charge on any atom is 0.410 e. The van der Waals surface area contributed by atoms with E-state index in [9.17, 15) is 9.59 Å². The summed E-state index contributed by atoms with van der Waals surface area (Å²) in [6.07, 6.45) is 0.606. The number of thiophene rings is 1. The topological polar surface area (TPSA) is 91.3 Å². The fraction of sp³-hybridized carbons (Fsp3) is 0.412. The number of methoxy groups -OCH3 is 1. The number of aryl methyl sites for hydroxylation is 1. The third kappa shape index (κ3) is 7.54. The van der Waals surface area contributed by atoms with E-state index in [4.69, 9.17) is 18.9 Å². The number of nitrogens with zero attached hydrogens (tertiary/aromatic N) is 2. The van der Waals surface area contributed by atoms with Gasteiger partial charge in [0.1, 0.15) is 29.4 Å². The van der Waals surface area contributed by atoms with Gasteiger partial charge in [0.15, 0.2) is 0 Å². The van der Waals surface area contributed by atoms with E-state index in [-0.39, 0.29) is 24.5 Å². The maximum atomic E-state index is 13.4. The molecule has 0 unspecified atom stereocenters. The van der Waals surface area contributed by atoms with Gasteiger partial charge in [0.05, 0.1) is 23.4 Å². The van der Waals surface area contributed by atoms with Crippen LogP contribution in [-0.2, 0) is 29.2 Å². The summed E-state index contributed by atoms with van der Waals surface area (Å²) >= 11 is 1.63. The summed E-state index contributed by atoms with van der Waals surface area (Å²) in [5.74, 6) is 1.50. The number of fused-ring (bicyclic) bond motifs is 1. The lowest BCUT2D eigenvalue weighted by atomic mass is 10.1. The van der Waals surface area contributed by atoms with Crippen molar-refractivity contribution in [2.24, 2.45) is 5.92 Å². The van der Waals surface area contributed by atoms with Gasteiger partial charge in [-0.1, -0.05) is 12.1 Å². The molecule has 1 atom stereocenters. The van der Waals surface area contributed by atoms with Crippen molar-refractivity contribution in [3.8, 4) is 11.5 Å². The molecule has 5 rings (SSSR count). The smallest absolute Gasteiger partial charge is 0.410 e. The molecule has 234 valence electrons. The quantitative estimate of drug-likeness (QED) is 0.189. The SMILES string of the molecule is CCn1c(C(=O)Nc2cccc(COC)c2COc2ccc(OC[C@@H]3CCN(C(=O)OC(C)(C)C)C3)cc2)cc2sccc21. The van der Waals surface area contributed by atoms with Crippen LogP contribution in [0.1, 0.15) is 55.7 Å². The second-order valence-corrected chi connectivity index (χ2v) is 12.9. The van der Waals surface area contributed by atoms with E-state index in [1.807, 2.05) is 92.2 Å². The van der Waals surface area contributed by atoms with Crippen molar-refractivity contribution in [1.29, 1.82) is 0 Å². The molecule has 1 aliphatic heterocycles. The van der Waals surface area contributed by atoms with Crippen molar-refractivity contribution in [3.63, 3.8) is 0 Å². The highest BCUT2D eigenvalue weighted by Gasteiger charge is 2.30. The number of benzene rings is 2. The van der Waals surface area contributed by atoms with E-state index < -0.39 is 5.60 Å². The van der Waals surface area contributed by atoms with Crippen molar-refractivity contribution in [3.05, 3.63) is 76.8 Å². The van der Waals surface area contributed by atoms with Crippen LogP contribution in [-0.4, -0.2) is 53.9 Å². The molecule has 0 aliphatic carbocycles. The van der Waals surface area contributed by atoms with Gasteiger partial charge >= 0.3 is 6.09 Å². The normalized spacial score (nSPS) is 15.0. The lowest BCUT2D eigenvalue weighted by Gasteiger charge is -2.24. The van der Waals surface area contributed by atoms with Crippen LogP contribution in [0.4, 0.5) is 10.5 Å². The number of nitrogens with one attached hydrogen (secondary N) is 1. The van der Waals surface area contributed by atoms with Gasteiger partial charge in [-0.25, -0.2) is 4.79 Å². The average Bonchev–Trinajstić information content (AvgIpc) is 3.72. The fourth-order valence-corrected chi connectivity index (χ4v) is 6.19. The molecule has 4 aromatic rings. The van der Waals surface area contributed by atoms with Gasteiger partial charge in [-0.05, 0) is 87.5 Å². The summed E-state index contributed by atoms with van der Waals surface area (Å²) in [6, 6.07) is 17.3. The van der Waals surface area contributed by atoms with Gasteiger partial charge < -0.3 is 33.7 Å². The first-order valence-corrected chi connectivity index (χ1v) is 15.8. The molecule has 0 bridgehead atoms. The van der Waals surface area contributed by atoms with E-state index in [1.54, 1.807) is 23.3 Å². The lowest BCUT2D eigenvalue weighted by Crippen LogP contribution is -2.35. The number of hydrogen-bond acceptors (Lipinski definition) is 7. The summed E-state index contributed by atoms with van der Waals surface area (Å²) in [4.78, 5) is 27.5. The molecule has 1 aliphatic rings. The first-order valence-electron chi connectivity index (χ1n) is 15.0. The zero-order valence-electron chi connectivity index (χ0n) is 26.1. The Morgan fingerprint density at radius 3 is 2.48 bits per heavy atom. The molecule has 1 N–H and O–H groups in total. The third-order valence-corrected chi connectivity index (χ3v) is 8.38. The minimum atomic E-state index is -0.504. The predicted octanol–water partition coefficient (Wildman–Crippen LogP) is 7.34. The Hall–Kier alpha value is -4.02. The van der Waals surface area contributed by atoms with E-state index in [0.717, 1.165) is 33.5 Å². The minimum Gasteiger partial charge on any atom is -0.493 e. The minimum absolute atomic E-state index is 0.163. The van der Waals surface area contributed by atoms with Crippen molar-refractivity contribution >= 4 is 39.2 Å². The van der Waals surface area contributed by atoms with Crippen molar-refractivity contribution in [1.82, 2.24) is 9.47 Å². The second kappa shape index (κ2) is 13.7. The molecule has 3 heterocycles. The Bertz CT molecular complexity index is 1590. The van der Waals surface area contributed by atoms with Crippen LogP contribution in [0.3, 0.4) is 0 Å². The highest BCUT2D eigenvalue weighted by Crippen LogP contribution is 2.29. The van der Waals surface area contributed by atoms with Gasteiger partial charge in [0.2, 0.25) is 0 Å². The summed E-state index contributed by atoms with van der Waals surface area (Å²) in [5.41, 5.74) is 3.68. The molecule has 2 aromatic heterocycles. The van der Waals surface area contributed by atoms with E-state index in [2.05, 4.69) is 5.32 Å². The molecule has 9 nitrogen and oxygen atoms in total. The third-order valence-electron chi connectivity index (χ3n) is 7.52. The average molecular weight is 620 g/mol. The second-order valence-electron chi connectivity index (χ2n) is 11.9. The molecular weight excluding hydrogens is 578 g/mol. The van der Waals surface area contributed by atoms with Crippen LogP contribution in [0, 0.1) is 5.92 Å². The molecule has 0 radical (unpaired) electrons. The predicted molar refractivity (Wildman–Crippen MR) is 173 cm³/mol. The van der Waals surface area contributed by atoms with Gasteiger partial charge in [-0.2, -0.15) is 0 Å². The van der Waals surface area contributed by atoms with Crippen molar-refractivity contribution in [2.75, 3.05) is 32.1 Å². The molecule has 10 heteroatoms. The molecule has 0 saturated carbocycles. The zero-order valence-corrected chi connectivity index (χ0v) is 26.9. The van der Waals surface area contributed by atoms with E-state index in [1.165, 1.54) is 0 Å². The summed E-state index contributed by atoms with van der Waals surface area (Å²) < 4.78 is 26.3. The first kappa shape index (κ1) is 31.4. The van der Waals surface area contributed by atoms with Gasteiger partial charge in [-0.15, -0.1) is 11.3 Å². The van der Waals surface area contributed by atoms with Crippen LogP contribution >= 0.6 is 11.3 Å². The Balaban J connectivity index is 1.19. The number of aromatic nitrogens is 1. The summed E-state index contributed by atoms with van der Waals surface area (Å²) in [7, 11) is 1.65. The monoisotopic (exact) mass is 619 g/mol.